The first kappa shape index (κ1) is 15.6. The minimum Gasteiger partial charge on any atom is -0.496 e. The quantitative estimate of drug-likeness (QED) is 0.702. The van der Waals surface area contributed by atoms with Crippen LogP contribution in [0.4, 0.5) is 0 Å². The van der Waals surface area contributed by atoms with E-state index < -0.39 is 5.97 Å². The molecule has 0 amide bonds. The molecular weight excluding hydrogens is 310 g/mol. The molecule has 6 nitrogen and oxygen atoms in total. The van der Waals surface area contributed by atoms with Gasteiger partial charge in [-0.25, -0.2) is 4.79 Å². The van der Waals surface area contributed by atoms with Gasteiger partial charge in [0, 0.05) is 11.6 Å². The van der Waals surface area contributed by atoms with Gasteiger partial charge in [-0.1, -0.05) is 30.3 Å². The fraction of sp³-hybridized carbons (Fsp3) is 0.111. The number of rotatable bonds is 5. The number of ether oxygens (including phenoxy) is 2. The van der Waals surface area contributed by atoms with E-state index in [1.54, 1.807) is 0 Å². The van der Waals surface area contributed by atoms with Crippen LogP contribution in [0.2, 0.25) is 0 Å². The zero-order valence-corrected chi connectivity index (χ0v) is 13.1. The Morgan fingerprint density at radius 1 is 1.12 bits per heavy atom. The summed E-state index contributed by atoms with van der Waals surface area (Å²) in [5.41, 5.74) is 1.91. The monoisotopic (exact) mass is 325 g/mol. The summed E-state index contributed by atoms with van der Waals surface area (Å²) < 4.78 is 10.6. The molecule has 0 atom stereocenters. The molecule has 1 aromatic heterocycles. The van der Waals surface area contributed by atoms with Gasteiger partial charge < -0.3 is 19.6 Å². The summed E-state index contributed by atoms with van der Waals surface area (Å²) >= 11 is 0. The highest BCUT2D eigenvalue weighted by molar-refractivity contribution is 6.14. The lowest BCUT2D eigenvalue weighted by Crippen LogP contribution is -2.02. The van der Waals surface area contributed by atoms with Crippen molar-refractivity contribution < 1.29 is 24.2 Å². The third-order valence-electron chi connectivity index (χ3n) is 3.87. The summed E-state index contributed by atoms with van der Waals surface area (Å²) in [5, 5.41) is 10.1. The summed E-state index contributed by atoms with van der Waals surface area (Å²) in [6.45, 7) is 0. The van der Waals surface area contributed by atoms with Gasteiger partial charge in [0.25, 0.3) is 0 Å². The molecule has 2 aromatic carbocycles. The fourth-order valence-corrected chi connectivity index (χ4v) is 2.87. The third-order valence-corrected chi connectivity index (χ3v) is 3.87. The van der Waals surface area contributed by atoms with Crippen molar-refractivity contribution in [3.05, 3.63) is 47.7 Å². The Morgan fingerprint density at radius 3 is 2.33 bits per heavy atom. The van der Waals surface area contributed by atoms with Crippen LogP contribution in [0.25, 0.3) is 22.0 Å². The second-order valence-electron chi connectivity index (χ2n) is 5.11. The topological polar surface area (TPSA) is 88.6 Å². The van der Waals surface area contributed by atoms with Crippen LogP contribution in [0, 0.1) is 0 Å². The number of aromatic amines is 1. The second-order valence-corrected chi connectivity index (χ2v) is 5.11. The van der Waals surface area contributed by atoms with Gasteiger partial charge in [0.05, 0.1) is 30.8 Å². The van der Waals surface area contributed by atoms with Crippen LogP contribution in [0.1, 0.15) is 20.8 Å². The summed E-state index contributed by atoms with van der Waals surface area (Å²) in [5.74, 6) is -0.571. The lowest BCUT2D eigenvalue weighted by Gasteiger charge is -2.11. The number of aromatic nitrogens is 1. The first-order valence-corrected chi connectivity index (χ1v) is 7.16. The minimum atomic E-state index is -1.15. The van der Waals surface area contributed by atoms with E-state index in [0.717, 1.165) is 5.56 Å². The molecule has 0 aliphatic heterocycles. The van der Waals surface area contributed by atoms with Gasteiger partial charge in [-0.2, -0.15) is 0 Å². The Morgan fingerprint density at radius 2 is 1.79 bits per heavy atom. The van der Waals surface area contributed by atoms with Crippen LogP contribution in [0.15, 0.2) is 36.4 Å². The van der Waals surface area contributed by atoms with Crippen LogP contribution in [0.5, 0.6) is 11.5 Å². The predicted octanol–water partition coefficient (Wildman–Crippen LogP) is 3.36. The first-order valence-electron chi connectivity index (χ1n) is 7.16. The smallest absolute Gasteiger partial charge is 0.341 e. The van der Waals surface area contributed by atoms with E-state index in [-0.39, 0.29) is 17.0 Å². The van der Waals surface area contributed by atoms with Crippen LogP contribution >= 0.6 is 0 Å². The van der Waals surface area contributed by atoms with Crippen molar-refractivity contribution in [2.24, 2.45) is 0 Å². The highest BCUT2D eigenvalue weighted by atomic mass is 16.5. The van der Waals surface area contributed by atoms with Crippen molar-refractivity contribution in [3.8, 4) is 22.6 Å². The number of carboxylic acids is 1. The molecule has 3 aromatic rings. The molecule has 6 heteroatoms. The molecule has 122 valence electrons. The van der Waals surface area contributed by atoms with Crippen molar-refractivity contribution in [3.63, 3.8) is 0 Å². The van der Waals surface area contributed by atoms with Crippen molar-refractivity contribution in [2.75, 3.05) is 14.2 Å². The molecule has 1 heterocycles. The molecule has 0 saturated carbocycles. The van der Waals surface area contributed by atoms with Crippen LogP contribution in [0.3, 0.4) is 0 Å². The normalized spacial score (nSPS) is 10.6. The Kier molecular flexibility index (Phi) is 3.95. The maximum atomic E-state index is 11.7. The number of benzene rings is 2. The van der Waals surface area contributed by atoms with E-state index >= 15 is 0 Å². The summed E-state index contributed by atoms with van der Waals surface area (Å²) in [6.07, 6.45) is 0.667. The summed E-state index contributed by atoms with van der Waals surface area (Å²) in [4.78, 5) is 26.2. The molecule has 0 radical (unpaired) electrons. The van der Waals surface area contributed by atoms with Gasteiger partial charge in [-0.15, -0.1) is 0 Å². The summed E-state index contributed by atoms with van der Waals surface area (Å²) in [6, 6.07) is 10.8. The maximum Gasteiger partial charge on any atom is 0.341 e. The number of nitrogens with one attached hydrogen (secondary N) is 1. The lowest BCUT2D eigenvalue weighted by atomic mass is 9.99. The number of methoxy groups -OCH3 is 2. The molecule has 0 fully saturated rings. The predicted molar refractivity (Wildman–Crippen MR) is 89.2 cm³/mol. The molecule has 0 saturated heterocycles. The van der Waals surface area contributed by atoms with E-state index in [9.17, 15) is 14.7 Å². The maximum absolute atomic E-state index is 11.7. The zero-order chi connectivity index (χ0) is 17.3. The van der Waals surface area contributed by atoms with Gasteiger partial charge in [0.2, 0.25) is 0 Å². The first-order chi connectivity index (χ1) is 11.6. The number of hydrogen-bond donors (Lipinski definition) is 2. The molecule has 0 aliphatic rings. The van der Waals surface area contributed by atoms with Gasteiger partial charge in [0.1, 0.15) is 17.1 Å². The van der Waals surface area contributed by atoms with Crippen LogP contribution in [-0.4, -0.2) is 36.6 Å². The molecular formula is C18H15NO5. The van der Waals surface area contributed by atoms with E-state index in [1.807, 2.05) is 30.3 Å². The second kappa shape index (κ2) is 6.08. The fourth-order valence-electron chi connectivity index (χ4n) is 2.87. The van der Waals surface area contributed by atoms with Crippen molar-refractivity contribution in [1.82, 2.24) is 4.98 Å². The number of carbonyl (C=O) groups is 2. The zero-order valence-electron chi connectivity index (χ0n) is 13.1. The number of fused-ring (bicyclic) bond motifs is 1. The minimum absolute atomic E-state index is 0.0430. The van der Waals surface area contributed by atoms with Crippen LogP contribution in [-0.2, 0) is 0 Å². The molecule has 3 rings (SSSR count). The van der Waals surface area contributed by atoms with E-state index in [0.29, 0.717) is 28.5 Å². The highest BCUT2D eigenvalue weighted by Gasteiger charge is 2.25. The largest absolute Gasteiger partial charge is 0.496 e. The molecule has 2 N–H and O–H groups in total. The number of aldehydes is 1. The average Bonchev–Trinajstić information content (AvgIpc) is 2.99. The SMILES string of the molecule is COc1cc(OC)c2c(-c3ccccc3)c(C=O)[nH]c2c1C(=O)O. The number of aromatic carboxylic acids is 1. The third kappa shape index (κ3) is 2.28. The summed E-state index contributed by atoms with van der Waals surface area (Å²) in [7, 11) is 2.87. The van der Waals surface area contributed by atoms with Crippen molar-refractivity contribution >= 4 is 23.2 Å². The van der Waals surface area contributed by atoms with Gasteiger partial charge in [-0.3, -0.25) is 4.79 Å². The number of hydrogen-bond acceptors (Lipinski definition) is 4. The standard InChI is InChI=1S/C18H15NO5/c1-23-12-8-13(24-2)16(18(21)22)17-15(12)14(11(9-20)19-17)10-6-4-3-5-7-10/h3-9,19H,1-2H3,(H,21,22). The van der Waals surface area contributed by atoms with Gasteiger partial charge in [0.15, 0.2) is 6.29 Å². The Balaban J connectivity index is 2.51. The highest BCUT2D eigenvalue weighted by Crippen LogP contribution is 2.42. The molecule has 0 spiro atoms. The number of H-pyrrole nitrogens is 1. The molecule has 0 bridgehead atoms. The molecule has 24 heavy (non-hydrogen) atoms. The Labute approximate surface area is 137 Å². The van der Waals surface area contributed by atoms with Gasteiger partial charge in [-0.05, 0) is 5.56 Å². The van der Waals surface area contributed by atoms with Crippen molar-refractivity contribution in [1.29, 1.82) is 0 Å². The van der Waals surface area contributed by atoms with Crippen LogP contribution < -0.4 is 9.47 Å². The number of carboxylic acid groups (broad SMARTS) is 1. The van der Waals surface area contributed by atoms with E-state index in [2.05, 4.69) is 4.98 Å². The molecule has 0 aliphatic carbocycles. The Hall–Kier alpha value is -3.28. The van der Waals surface area contributed by atoms with Crippen molar-refractivity contribution in [2.45, 2.75) is 0 Å². The number of carbonyl (C=O) groups excluding carboxylic acids is 1. The average molecular weight is 325 g/mol. The van der Waals surface area contributed by atoms with E-state index in [1.165, 1.54) is 20.3 Å². The molecule has 0 unspecified atom stereocenters. The van der Waals surface area contributed by atoms with Gasteiger partial charge >= 0.3 is 5.97 Å². The lowest BCUT2D eigenvalue weighted by molar-refractivity contribution is 0.0695. The van der Waals surface area contributed by atoms with E-state index in [4.69, 9.17) is 9.47 Å². The Bertz CT molecular complexity index is 928.